The first kappa shape index (κ1) is 14.6. The van der Waals surface area contributed by atoms with Gasteiger partial charge in [0.15, 0.2) is 0 Å². The molecule has 0 spiro atoms. The summed E-state index contributed by atoms with van der Waals surface area (Å²) in [5.74, 6) is 0. The van der Waals surface area contributed by atoms with Crippen LogP contribution in [0.5, 0.6) is 0 Å². The van der Waals surface area contributed by atoms with Gasteiger partial charge in [-0.05, 0) is 55.5 Å². The Morgan fingerprint density at radius 2 is 1.45 bits per heavy atom. The smallest absolute Gasteiger partial charge is 0.0485 e. The summed E-state index contributed by atoms with van der Waals surface area (Å²) in [4.78, 5) is 0. The molecule has 0 saturated heterocycles. The van der Waals surface area contributed by atoms with Crippen LogP contribution in [0.4, 0.5) is 5.69 Å². The van der Waals surface area contributed by atoms with Crippen molar-refractivity contribution >= 4 is 5.69 Å². The van der Waals surface area contributed by atoms with Gasteiger partial charge >= 0.3 is 0 Å². The summed E-state index contributed by atoms with van der Waals surface area (Å²) >= 11 is 0. The standard InChI is InChI=1S/C19H25N/c1-5-16-11-17(6-2)13-18(12-16)15(4)20-19-9-7-14(3)8-10-19/h7-13,15,20H,5-6H2,1-4H3/t15-/m1/s1. The molecule has 1 heteroatoms. The Hall–Kier alpha value is -1.76. The normalized spacial score (nSPS) is 12.2. The lowest BCUT2D eigenvalue weighted by Crippen LogP contribution is -2.07. The van der Waals surface area contributed by atoms with Crippen LogP contribution in [0.1, 0.15) is 49.1 Å². The van der Waals surface area contributed by atoms with E-state index >= 15 is 0 Å². The van der Waals surface area contributed by atoms with Gasteiger partial charge in [-0.3, -0.25) is 0 Å². The van der Waals surface area contributed by atoms with Gasteiger partial charge in [-0.2, -0.15) is 0 Å². The lowest BCUT2D eigenvalue weighted by atomic mass is 9.98. The second kappa shape index (κ2) is 6.60. The Morgan fingerprint density at radius 3 is 1.95 bits per heavy atom. The number of rotatable bonds is 5. The zero-order chi connectivity index (χ0) is 14.5. The molecule has 0 aromatic heterocycles. The highest BCUT2D eigenvalue weighted by molar-refractivity contribution is 5.47. The average molecular weight is 267 g/mol. The summed E-state index contributed by atoms with van der Waals surface area (Å²) in [6.07, 6.45) is 2.19. The van der Waals surface area contributed by atoms with Crippen molar-refractivity contribution in [2.45, 2.75) is 46.6 Å². The molecular weight excluding hydrogens is 242 g/mol. The van der Waals surface area contributed by atoms with Crippen molar-refractivity contribution in [1.82, 2.24) is 0 Å². The summed E-state index contributed by atoms with van der Waals surface area (Å²) in [6.45, 7) is 8.78. The first-order valence-electron chi connectivity index (χ1n) is 7.58. The number of aryl methyl sites for hydroxylation is 3. The van der Waals surface area contributed by atoms with Gasteiger partial charge in [-0.1, -0.05) is 49.7 Å². The maximum atomic E-state index is 3.59. The van der Waals surface area contributed by atoms with Crippen LogP contribution in [0.15, 0.2) is 42.5 Å². The van der Waals surface area contributed by atoms with E-state index in [0.29, 0.717) is 6.04 Å². The summed E-state index contributed by atoms with van der Waals surface area (Å²) in [7, 11) is 0. The molecule has 0 amide bonds. The van der Waals surface area contributed by atoms with Crippen molar-refractivity contribution in [3.05, 3.63) is 64.7 Å². The van der Waals surface area contributed by atoms with Crippen LogP contribution >= 0.6 is 0 Å². The number of anilines is 1. The van der Waals surface area contributed by atoms with Gasteiger partial charge in [0.1, 0.15) is 0 Å². The first-order chi connectivity index (χ1) is 9.62. The van der Waals surface area contributed by atoms with Crippen molar-refractivity contribution in [3.8, 4) is 0 Å². The minimum Gasteiger partial charge on any atom is -0.379 e. The van der Waals surface area contributed by atoms with E-state index in [1.54, 1.807) is 0 Å². The molecule has 2 rings (SSSR count). The third kappa shape index (κ3) is 3.63. The fraction of sp³-hybridized carbons (Fsp3) is 0.368. The summed E-state index contributed by atoms with van der Waals surface area (Å²) in [5.41, 5.74) is 6.71. The summed E-state index contributed by atoms with van der Waals surface area (Å²) in [5, 5.41) is 3.59. The van der Waals surface area contributed by atoms with E-state index in [1.165, 1.54) is 27.9 Å². The molecule has 0 aliphatic rings. The van der Waals surface area contributed by atoms with E-state index in [4.69, 9.17) is 0 Å². The van der Waals surface area contributed by atoms with Crippen LogP contribution in [0, 0.1) is 6.92 Å². The number of hydrogen-bond acceptors (Lipinski definition) is 1. The van der Waals surface area contributed by atoms with Gasteiger partial charge in [0.2, 0.25) is 0 Å². The highest BCUT2D eigenvalue weighted by Gasteiger charge is 2.07. The molecule has 0 aliphatic carbocycles. The SMILES string of the molecule is CCc1cc(CC)cc([C@@H](C)Nc2ccc(C)cc2)c1. The minimum atomic E-state index is 0.328. The predicted octanol–water partition coefficient (Wildman–Crippen LogP) is 5.29. The second-order valence-corrected chi connectivity index (χ2v) is 5.52. The molecule has 0 unspecified atom stereocenters. The molecule has 106 valence electrons. The second-order valence-electron chi connectivity index (χ2n) is 5.52. The van der Waals surface area contributed by atoms with E-state index in [0.717, 1.165) is 12.8 Å². The van der Waals surface area contributed by atoms with Crippen LogP contribution in [-0.4, -0.2) is 0 Å². The molecular formula is C19H25N. The van der Waals surface area contributed by atoms with E-state index in [2.05, 4.69) is 75.5 Å². The fourth-order valence-corrected chi connectivity index (χ4v) is 2.43. The third-order valence-corrected chi connectivity index (χ3v) is 3.83. The van der Waals surface area contributed by atoms with E-state index < -0.39 is 0 Å². The summed E-state index contributed by atoms with van der Waals surface area (Å²) in [6, 6.07) is 15.9. The molecule has 0 saturated carbocycles. The zero-order valence-corrected chi connectivity index (χ0v) is 13.0. The van der Waals surface area contributed by atoms with E-state index in [9.17, 15) is 0 Å². The van der Waals surface area contributed by atoms with Crippen LogP contribution in [0.2, 0.25) is 0 Å². The van der Waals surface area contributed by atoms with E-state index in [1.807, 2.05) is 0 Å². The average Bonchev–Trinajstić information content (AvgIpc) is 2.48. The zero-order valence-electron chi connectivity index (χ0n) is 13.0. The van der Waals surface area contributed by atoms with Crippen molar-refractivity contribution in [2.75, 3.05) is 5.32 Å². The largest absolute Gasteiger partial charge is 0.379 e. The maximum absolute atomic E-state index is 3.59. The van der Waals surface area contributed by atoms with Gasteiger partial charge in [0, 0.05) is 11.7 Å². The molecule has 0 radical (unpaired) electrons. The highest BCUT2D eigenvalue weighted by Crippen LogP contribution is 2.22. The molecule has 1 nitrogen and oxygen atoms in total. The van der Waals surface area contributed by atoms with Crippen LogP contribution in [0.3, 0.4) is 0 Å². The highest BCUT2D eigenvalue weighted by atomic mass is 14.9. The molecule has 0 heterocycles. The Balaban J connectivity index is 2.19. The fourth-order valence-electron chi connectivity index (χ4n) is 2.43. The Labute approximate surface area is 123 Å². The Morgan fingerprint density at radius 1 is 0.900 bits per heavy atom. The maximum Gasteiger partial charge on any atom is 0.0485 e. The number of hydrogen-bond donors (Lipinski definition) is 1. The minimum absolute atomic E-state index is 0.328. The van der Waals surface area contributed by atoms with Crippen molar-refractivity contribution < 1.29 is 0 Å². The van der Waals surface area contributed by atoms with Gasteiger partial charge in [-0.25, -0.2) is 0 Å². The van der Waals surface area contributed by atoms with Gasteiger partial charge in [0.25, 0.3) is 0 Å². The Kier molecular flexibility index (Phi) is 4.84. The number of nitrogens with one attached hydrogen (secondary N) is 1. The quantitative estimate of drug-likeness (QED) is 0.775. The van der Waals surface area contributed by atoms with Gasteiger partial charge < -0.3 is 5.32 Å². The van der Waals surface area contributed by atoms with Crippen molar-refractivity contribution in [1.29, 1.82) is 0 Å². The van der Waals surface area contributed by atoms with E-state index in [-0.39, 0.29) is 0 Å². The number of benzene rings is 2. The molecule has 2 aromatic rings. The molecule has 0 bridgehead atoms. The molecule has 0 fully saturated rings. The molecule has 20 heavy (non-hydrogen) atoms. The third-order valence-electron chi connectivity index (χ3n) is 3.83. The predicted molar refractivity (Wildman–Crippen MR) is 88.4 cm³/mol. The lowest BCUT2D eigenvalue weighted by Gasteiger charge is -2.18. The first-order valence-corrected chi connectivity index (χ1v) is 7.58. The van der Waals surface area contributed by atoms with Crippen molar-refractivity contribution in [3.63, 3.8) is 0 Å². The molecule has 1 atom stereocenters. The monoisotopic (exact) mass is 267 g/mol. The van der Waals surface area contributed by atoms with Crippen LogP contribution in [0.25, 0.3) is 0 Å². The van der Waals surface area contributed by atoms with Crippen molar-refractivity contribution in [2.24, 2.45) is 0 Å². The van der Waals surface area contributed by atoms with Gasteiger partial charge in [-0.15, -0.1) is 0 Å². The Bertz CT molecular complexity index is 532. The summed E-state index contributed by atoms with van der Waals surface area (Å²) < 4.78 is 0. The lowest BCUT2D eigenvalue weighted by molar-refractivity contribution is 0.874. The topological polar surface area (TPSA) is 12.0 Å². The molecule has 2 aromatic carbocycles. The molecule has 0 aliphatic heterocycles. The van der Waals surface area contributed by atoms with Crippen LogP contribution < -0.4 is 5.32 Å². The van der Waals surface area contributed by atoms with Crippen LogP contribution in [-0.2, 0) is 12.8 Å². The molecule has 1 N–H and O–H groups in total. The van der Waals surface area contributed by atoms with Gasteiger partial charge in [0.05, 0.1) is 0 Å².